The van der Waals surface area contributed by atoms with Gasteiger partial charge in [0.25, 0.3) is 0 Å². The van der Waals surface area contributed by atoms with Crippen LogP contribution in [0.5, 0.6) is 0 Å². The average Bonchev–Trinajstić information content (AvgIpc) is 2.60. The van der Waals surface area contributed by atoms with Crippen LogP contribution in [0.1, 0.15) is 22.7 Å². The second-order valence-corrected chi connectivity index (χ2v) is 6.29. The van der Waals surface area contributed by atoms with Crippen LogP contribution in [-0.2, 0) is 6.54 Å². The van der Waals surface area contributed by atoms with Crippen LogP contribution in [0.3, 0.4) is 0 Å². The van der Waals surface area contributed by atoms with E-state index in [1.54, 1.807) is 19.2 Å². The van der Waals surface area contributed by atoms with Crippen molar-refractivity contribution < 1.29 is 4.39 Å². The molecule has 2 aromatic rings. The van der Waals surface area contributed by atoms with E-state index >= 15 is 0 Å². The maximum absolute atomic E-state index is 13.7. The first-order chi connectivity index (χ1) is 12.0. The van der Waals surface area contributed by atoms with Crippen LogP contribution >= 0.6 is 24.0 Å². The minimum atomic E-state index is -0.212. The van der Waals surface area contributed by atoms with Crippen molar-refractivity contribution in [3.63, 3.8) is 0 Å². The number of rotatable bonds is 6. The lowest BCUT2D eigenvalue weighted by Gasteiger charge is -2.26. The Hall–Kier alpha value is -1.67. The number of hydrogen-bond acceptors (Lipinski definition) is 2. The second kappa shape index (κ2) is 11.1. The minimum absolute atomic E-state index is 0. The molecule has 0 aromatic heterocycles. The highest BCUT2D eigenvalue weighted by Crippen LogP contribution is 2.17. The molecule has 0 aliphatic heterocycles. The summed E-state index contributed by atoms with van der Waals surface area (Å²) in [5.41, 5.74) is 3.11. The highest BCUT2D eigenvalue weighted by atomic mass is 127. The van der Waals surface area contributed by atoms with Crippen LogP contribution < -0.4 is 10.6 Å². The van der Waals surface area contributed by atoms with Crippen molar-refractivity contribution in [1.82, 2.24) is 15.5 Å². The van der Waals surface area contributed by atoms with Crippen molar-refractivity contribution in [3.05, 3.63) is 71.0 Å². The normalized spacial score (nSPS) is 12.5. The zero-order valence-corrected chi connectivity index (χ0v) is 18.1. The first kappa shape index (κ1) is 22.4. The van der Waals surface area contributed by atoms with Crippen molar-refractivity contribution in [2.45, 2.75) is 19.5 Å². The molecular formula is C20H28FIN4. The Morgan fingerprint density at radius 2 is 1.73 bits per heavy atom. The van der Waals surface area contributed by atoms with Gasteiger partial charge in [0.05, 0.1) is 6.04 Å². The fraction of sp³-hybridized carbons (Fsp3) is 0.350. The molecule has 142 valence electrons. The lowest BCUT2D eigenvalue weighted by Crippen LogP contribution is -2.41. The fourth-order valence-electron chi connectivity index (χ4n) is 2.62. The van der Waals surface area contributed by atoms with Gasteiger partial charge in [-0.25, -0.2) is 4.39 Å². The Balaban J connectivity index is 0.00000338. The maximum Gasteiger partial charge on any atom is 0.191 e. The van der Waals surface area contributed by atoms with E-state index < -0.39 is 0 Å². The summed E-state index contributed by atoms with van der Waals surface area (Å²) in [6, 6.07) is 15.5. The van der Waals surface area contributed by atoms with Crippen LogP contribution in [0.4, 0.5) is 4.39 Å². The molecule has 0 aliphatic rings. The summed E-state index contributed by atoms with van der Waals surface area (Å²) in [4.78, 5) is 6.39. The predicted molar refractivity (Wildman–Crippen MR) is 118 cm³/mol. The molecule has 2 aromatic carbocycles. The molecule has 26 heavy (non-hydrogen) atoms. The molecule has 2 N–H and O–H groups in total. The van der Waals surface area contributed by atoms with E-state index in [-0.39, 0.29) is 35.8 Å². The minimum Gasteiger partial charge on any atom is -0.354 e. The summed E-state index contributed by atoms with van der Waals surface area (Å²) in [5, 5.41) is 6.49. The molecule has 0 radical (unpaired) electrons. The number of nitrogens with zero attached hydrogens (tertiary/aromatic N) is 2. The molecule has 4 nitrogen and oxygen atoms in total. The van der Waals surface area contributed by atoms with Gasteiger partial charge in [0.2, 0.25) is 0 Å². The molecule has 0 amide bonds. The van der Waals surface area contributed by atoms with Crippen LogP contribution in [-0.4, -0.2) is 38.5 Å². The SMILES string of the molecule is CN=C(NCc1ccccc1F)NCC(c1ccc(C)cc1)N(C)C.I. The smallest absolute Gasteiger partial charge is 0.191 e. The van der Waals surface area contributed by atoms with E-state index in [1.807, 2.05) is 6.07 Å². The van der Waals surface area contributed by atoms with Gasteiger partial charge in [-0.15, -0.1) is 24.0 Å². The molecule has 0 aliphatic carbocycles. The van der Waals surface area contributed by atoms with Crippen molar-refractivity contribution >= 4 is 29.9 Å². The van der Waals surface area contributed by atoms with Gasteiger partial charge < -0.3 is 15.5 Å². The number of likely N-dealkylation sites (N-methyl/N-ethyl adjacent to an activating group) is 1. The van der Waals surface area contributed by atoms with Crippen LogP contribution in [0.25, 0.3) is 0 Å². The molecule has 0 bridgehead atoms. The number of aryl methyl sites for hydroxylation is 1. The Labute approximate surface area is 172 Å². The quantitative estimate of drug-likeness (QED) is 0.384. The largest absolute Gasteiger partial charge is 0.354 e. The number of nitrogens with one attached hydrogen (secondary N) is 2. The van der Waals surface area contributed by atoms with E-state index in [0.29, 0.717) is 24.6 Å². The van der Waals surface area contributed by atoms with Gasteiger partial charge in [-0.3, -0.25) is 4.99 Å². The van der Waals surface area contributed by atoms with E-state index in [1.165, 1.54) is 17.2 Å². The lowest BCUT2D eigenvalue weighted by atomic mass is 10.0. The Bertz CT molecular complexity index is 701. The predicted octanol–water partition coefficient (Wildman–Crippen LogP) is 3.72. The third-order valence-corrected chi connectivity index (χ3v) is 4.18. The molecule has 0 saturated carbocycles. The van der Waals surface area contributed by atoms with Crippen molar-refractivity contribution in [3.8, 4) is 0 Å². The van der Waals surface area contributed by atoms with Crippen molar-refractivity contribution in [2.75, 3.05) is 27.7 Å². The number of halogens is 2. The number of aliphatic imine (C=N–C) groups is 1. The first-order valence-electron chi connectivity index (χ1n) is 8.42. The topological polar surface area (TPSA) is 39.7 Å². The highest BCUT2D eigenvalue weighted by Gasteiger charge is 2.14. The Morgan fingerprint density at radius 1 is 1.08 bits per heavy atom. The summed E-state index contributed by atoms with van der Waals surface area (Å²) in [5.74, 6) is 0.443. The fourth-order valence-corrected chi connectivity index (χ4v) is 2.62. The monoisotopic (exact) mass is 470 g/mol. The maximum atomic E-state index is 13.7. The number of guanidine groups is 1. The molecule has 0 fully saturated rings. The van der Waals surface area contributed by atoms with Gasteiger partial charge in [0.1, 0.15) is 5.82 Å². The van der Waals surface area contributed by atoms with Gasteiger partial charge in [-0.1, -0.05) is 48.0 Å². The zero-order valence-electron chi connectivity index (χ0n) is 15.8. The van der Waals surface area contributed by atoms with Crippen molar-refractivity contribution in [1.29, 1.82) is 0 Å². The van der Waals surface area contributed by atoms with Gasteiger partial charge >= 0.3 is 0 Å². The van der Waals surface area contributed by atoms with E-state index in [9.17, 15) is 4.39 Å². The summed E-state index contributed by atoms with van der Waals surface area (Å²) >= 11 is 0. The van der Waals surface area contributed by atoms with Crippen LogP contribution in [0.2, 0.25) is 0 Å². The Kier molecular flexibility index (Phi) is 9.58. The molecular weight excluding hydrogens is 442 g/mol. The standard InChI is InChI=1S/C20H27FN4.HI/c1-15-9-11-16(12-10-15)19(25(3)4)14-24-20(22-2)23-13-17-7-5-6-8-18(17)21;/h5-12,19H,13-14H2,1-4H3,(H2,22,23,24);1H. The lowest BCUT2D eigenvalue weighted by molar-refractivity contribution is 0.298. The molecule has 6 heteroatoms. The van der Waals surface area contributed by atoms with Gasteiger partial charge in [-0.05, 0) is 32.6 Å². The molecule has 0 saturated heterocycles. The summed E-state index contributed by atoms with van der Waals surface area (Å²) in [6.07, 6.45) is 0. The second-order valence-electron chi connectivity index (χ2n) is 6.29. The third-order valence-electron chi connectivity index (χ3n) is 4.18. The average molecular weight is 470 g/mol. The molecule has 1 atom stereocenters. The summed E-state index contributed by atoms with van der Waals surface area (Å²) in [7, 11) is 5.83. The van der Waals surface area contributed by atoms with E-state index in [4.69, 9.17) is 0 Å². The van der Waals surface area contributed by atoms with Gasteiger partial charge in [-0.2, -0.15) is 0 Å². The van der Waals surface area contributed by atoms with Crippen molar-refractivity contribution in [2.24, 2.45) is 4.99 Å². The molecule has 0 spiro atoms. The highest BCUT2D eigenvalue weighted by molar-refractivity contribution is 14.0. The van der Waals surface area contributed by atoms with E-state index in [2.05, 4.69) is 65.8 Å². The van der Waals surface area contributed by atoms with E-state index in [0.717, 1.165) is 0 Å². The third kappa shape index (κ3) is 6.57. The molecule has 1 unspecified atom stereocenters. The number of benzene rings is 2. The van der Waals surface area contributed by atoms with Gasteiger partial charge in [0, 0.05) is 25.7 Å². The van der Waals surface area contributed by atoms with Crippen LogP contribution in [0.15, 0.2) is 53.5 Å². The molecule has 0 heterocycles. The first-order valence-corrected chi connectivity index (χ1v) is 8.42. The number of hydrogen-bond donors (Lipinski definition) is 2. The summed E-state index contributed by atoms with van der Waals surface area (Å²) in [6.45, 7) is 3.18. The summed E-state index contributed by atoms with van der Waals surface area (Å²) < 4.78 is 13.7. The zero-order chi connectivity index (χ0) is 18.2. The van der Waals surface area contributed by atoms with Crippen LogP contribution in [0, 0.1) is 12.7 Å². The van der Waals surface area contributed by atoms with Gasteiger partial charge in [0.15, 0.2) is 5.96 Å². The molecule has 2 rings (SSSR count). The Morgan fingerprint density at radius 3 is 2.31 bits per heavy atom.